The topological polar surface area (TPSA) is 69.7 Å². The van der Waals surface area contributed by atoms with Crippen LogP contribution in [0.2, 0.25) is 0 Å². The van der Waals surface area contributed by atoms with E-state index in [-0.39, 0.29) is 17.7 Å². The maximum Gasteiger partial charge on any atom is 0.258 e. The Morgan fingerprint density at radius 2 is 1.27 bits per heavy atom. The molecule has 5 rings (SSSR count). The van der Waals surface area contributed by atoms with E-state index in [1.54, 1.807) is 47.1 Å². The summed E-state index contributed by atoms with van der Waals surface area (Å²) >= 11 is 0. The molecule has 1 aliphatic heterocycles. The second-order valence-electron chi connectivity index (χ2n) is 8.91. The van der Waals surface area contributed by atoms with E-state index >= 15 is 0 Å². The highest BCUT2D eigenvalue weighted by Gasteiger charge is 2.27. The largest absolute Gasteiger partial charge is 0.322 e. The highest BCUT2D eigenvalue weighted by Crippen LogP contribution is 2.33. The number of benzene rings is 4. The number of rotatable bonds is 4. The number of carbonyl (C=O) groups is 3. The molecule has 0 bridgehead atoms. The number of carbonyl (C=O) groups excluding carboxylic acids is 3. The second-order valence-corrected chi connectivity index (χ2v) is 8.91. The molecule has 0 radical (unpaired) electrons. The Hall–Kier alpha value is -4.71. The fourth-order valence-corrected chi connectivity index (χ4v) is 4.69. The van der Waals surface area contributed by atoms with Crippen molar-refractivity contribution >= 4 is 34.8 Å². The Morgan fingerprint density at radius 3 is 1.97 bits per heavy atom. The van der Waals surface area contributed by atoms with Gasteiger partial charge in [-0.2, -0.15) is 0 Å². The standard InChI is InChI=1S/C31H27N3O3/c1-22(35)33-20-9-21-34(29-15-8-7-14-28(29)33)31(37)24-16-18-25(19-17-24)32-30(36)27-13-6-5-12-26(27)23-10-3-2-4-11-23/h2-8,10-19H,9,20-21H2,1H3,(H,32,36). The van der Waals surface area contributed by atoms with Crippen molar-refractivity contribution in [2.45, 2.75) is 13.3 Å². The summed E-state index contributed by atoms with van der Waals surface area (Å²) < 4.78 is 0. The number of hydrogen-bond acceptors (Lipinski definition) is 3. The van der Waals surface area contributed by atoms with E-state index in [0.29, 0.717) is 36.3 Å². The van der Waals surface area contributed by atoms with Gasteiger partial charge in [0.1, 0.15) is 0 Å². The molecule has 0 atom stereocenters. The molecular weight excluding hydrogens is 462 g/mol. The van der Waals surface area contributed by atoms with Crippen LogP contribution in [0.3, 0.4) is 0 Å². The Morgan fingerprint density at radius 1 is 0.676 bits per heavy atom. The van der Waals surface area contributed by atoms with Gasteiger partial charge in [0.25, 0.3) is 11.8 Å². The first-order valence-corrected chi connectivity index (χ1v) is 12.3. The molecule has 0 saturated carbocycles. The van der Waals surface area contributed by atoms with E-state index in [4.69, 9.17) is 0 Å². The minimum absolute atomic E-state index is 0.0457. The predicted molar refractivity (Wildman–Crippen MR) is 147 cm³/mol. The molecule has 6 nitrogen and oxygen atoms in total. The van der Waals surface area contributed by atoms with Gasteiger partial charge in [-0.3, -0.25) is 14.4 Å². The normalized spacial score (nSPS) is 12.9. The third kappa shape index (κ3) is 5.00. The summed E-state index contributed by atoms with van der Waals surface area (Å²) in [6, 6.07) is 31.7. The van der Waals surface area contributed by atoms with E-state index in [9.17, 15) is 14.4 Å². The fourth-order valence-electron chi connectivity index (χ4n) is 4.69. The summed E-state index contributed by atoms with van der Waals surface area (Å²) in [6.07, 6.45) is 0.676. The summed E-state index contributed by atoms with van der Waals surface area (Å²) in [4.78, 5) is 42.2. The zero-order valence-electron chi connectivity index (χ0n) is 20.6. The van der Waals surface area contributed by atoms with E-state index < -0.39 is 0 Å². The maximum absolute atomic E-state index is 13.5. The number of para-hydroxylation sites is 2. The van der Waals surface area contributed by atoms with Gasteiger partial charge < -0.3 is 15.1 Å². The molecule has 4 aromatic carbocycles. The lowest BCUT2D eigenvalue weighted by molar-refractivity contribution is -0.116. The van der Waals surface area contributed by atoms with Gasteiger partial charge in [0.05, 0.1) is 11.4 Å². The highest BCUT2D eigenvalue weighted by atomic mass is 16.2. The van der Waals surface area contributed by atoms with Crippen molar-refractivity contribution in [3.63, 3.8) is 0 Å². The van der Waals surface area contributed by atoms with Gasteiger partial charge in [0.2, 0.25) is 5.91 Å². The first-order chi connectivity index (χ1) is 18.0. The maximum atomic E-state index is 13.5. The van der Waals surface area contributed by atoms with Crippen molar-refractivity contribution in [3.8, 4) is 11.1 Å². The van der Waals surface area contributed by atoms with Crippen LogP contribution in [-0.2, 0) is 4.79 Å². The monoisotopic (exact) mass is 489 g/mol. The summed E-state index contributed by atoms with van der Waals surface area (Å²) in [5, 5.41) is 2.95. The van der Waals surface area contributed by atoms with Crippen LogP contribution >= 0.6 is 0 Å². The Labute approximate surface area is 216 Å². The molecule has 1 heterocycles. The van der Waals surface area contributed by atoms with Gasteiger partial charge in [0, 0.05) is 36.8 Å². The molecule has 184 valence electrons. The first kappa shape index (κ1) is 24.0. The summed E-state index contributed by atoms with van der Waals surface area (Å²) in [5.41, 5.74) is 4.96. The third-order valence-corrected chi connectivity index (χ3v) is 6.50. The van der Waals surface area contributed by atoms with Crippen LogP contribution in [0.4, 0.5) is 17.1 Å². The van der Waals surface area contributed by atoms with Crippen molar-refractivity contribution in [2.24, 2.45) is 0 Å². The van der Waals surface area contributed by atoms with Crippen LogP contribution < -0.4 is 15.1 Å². The quantitative estimate of drug-likeness (QED) is 0.382. The lowest BCUT2D eigenvalue weighted by Crippen LogP contribution is -2.31. The molecule has 0 aliphatic carbocycles. The highest BCUT2D eigenvalue weighted by molar-refractivity contribution is 6.11. The van der Waals surface area contributed by atoms with E-state index in [1.165, 1.54) is 0 Å². The number of fused-ring (bicyclic) bond motifs is 1. The number of nitrogens with zero attached hydrogens (tertiary/aromatic N) is 2. The van der Waals surface area contributed by atoms with Crippen LogP contribution in [-0.4, -0.2) is 30.8 Å². The number of hydrogen-bond donors (Lipinski definition) is 1. The van der Waals surface area contributed by atoms with Gasteiger partial charge in [-0.1, -0.05) is 60.7 Å². The molecule has 0 spiro atoms. The number of amides is 3. The van der Waals surface area contributed by atoms with Crippen molar-refractivity contribution in [2.75, 3.05) is 28.2 Å². The zero-order chi connectivity index (χ0) is 25.8. The first-order valence-electron chi connectivity index (χ1n) is 12.3. The van der Waals surface area contributed by atoms with Crippen LogP contribution in [0.15, 0.2) is 103 Å². The minimum atomic E-state index is -0.218. The zero-order valence-corrected chi connectivity index (χ0v) is 20.6. The van der Waals surface area contributed by atoms with Gasteiger partial charge in [-0.25, -0.2) is 0 Å². The van der Waals surface area contributed by atoms with E-state index in [2.05, 4.69) is 5.32 Å². The fraction of sp³-hybridized carbons (Fsp3) is 0.129. The van der Waals surface area contributed by atoms with Crippen LogP contribution in [0.25, 0.3) is 11.1 Å². The third-order valence-electron chi connectivity index (χ3n) is 6.50. The van der Waals surface area contributed by atoms with Crippen LogP contribution in [0.5, 0.6) is 0 Å². The average Bonchev–Trinajstić information content (AvgIpc) is 3.13. The predicted octanol–water partition coefficient (Wildman–Crippen LogP) is 6.01. The van der Waals surface area contributed by atoms with E-state index in [1.807, 2.05) is 72.8 Å². The Bertz CT molecular complexity index is 1450. The van der Waals surface area contributed by atoms with Gasteiger partial charge in [-0.05, 0) is 60.0 Å². The van der Waals surface area contributed by atoms with Crippen molar-refractivity contribution in [1.82, 2.24) is 0 Å². The number of anilines is 3. The summed E-state index contributed by atoms with van der Waals surface area (Å²) in [6.45, 7) is 2.61. The van der Waals surface area contributed by atoms with Crippen LogP contribution in [0.1, 0.15) is 34.1 Å². The summed E-state index contributed by atoms with van der Waals surface area (Å²) in [5.74, 6) is -0.412. The summed E-state index contributed by atoms with van der Waals surface area (Å²) in [7, 11) is 0. The Kier molecular flexibility index (Phi) is 6.81. The SMILES string of the molecule is CC(=O)N1CCCN(C(=O)c2ccc(NC(=O)c3ccccc3-c3ccccc3)cc2)c2ccccc21. The van der Waals surface area contributed by atoms with E-state index in [0.717, 1.165) is 22.5 Å². The molecule has 4 aromatic rings. The van der Waals surface area contributed by atoms with Gasteiger partial charge >= 0.3 is 0 Å². The molecule has 0 aromatic heterocycles. The second kappa shape index (κ2) is 10.5. The van der Waals surface area contributed by atoms with Gasteiger partial charge in [-0.15, -0.1) is 0 Å². The van der Waals surface area contributed by atoms with Gasteiger partial charge in [0.15, 0.2) is 0 Å². The smallest absolute Gasteiger partial charge is 0.258 e. The average molecular weight is 490 g/mol. The molecule has 0 fully saturated rings. The Balaban J connectivity index is 1.35. The molecule has 0 saturated heterocycles. The molecular formula is C31H27N3O3. The lowest BCUT2D eigenvalue weighted by atomic mass is 9.99. The molecule has 3 amide bonds. The van der Waals surface area contributed by atoms with Crippen molar-refractivity contribution in [1.29, 1.82) is 0 Å². The van der Waals surface area contributed by atoms with Crippen molar-refractivity contribution < 1.29 is 14.4 Å². The molecule has 1 aliphatic rings. The van der Waals surface area contributed by atoms with Crippen molar-refractivity contribution in [3.05, 3.63) is 114 Å². The minimum Gasteiger partial charge on any atom is -0.322 e. The molecule has 6 heteroatoms. The number of nitrogens with one attached hydrogen (secondary N) is 1. The molecule has 1 N–H and O–H groups in total. The van der Waals surface area contributed by atoms with Crippen LogP contribution in [0, 0.1) is 0 Å². The molecule has 0 unspecified atom stereocenters. The molecule has 37 heavy (non-hydrogen) atoms. The lowest BCUT2D eigenvalue weighted by Gasteiger charge is -2.25.